The van der Waals surface area contributed by atoms with Gasteiger partial charge in [0.25, 0.3) is 0 Å². The van der Waals surface area contributed by atoms with Gasteiger partial charge in [-0.1, -0.05) is 0 Å². The number of methoxy groups -OCH3 is 1. The number of furan rings is 1. The first kappa shape index (κ1) is 15.0. The Bertz CT molecular complexity index is 516. The maximum atomic E-state index is 11.4. The minimum atomic E-state index is -0.732. The van der Waals surface area contributed by atoms with Crippen molar-refractivity contribution < 1.29 is 23.8 Å². The number of ether oxygens (including phenoxy) is 1. The van der Waals surface area contributed by atoms with E-state index in [1.54, 1.807) is 18.7 Å². The zero-order valence-electron chi connectivity index (χ0n) is 11.6. The van der Waals surface area contributed by atoms with Crippen molar-refractivity contribution in [3.8, 4) is 0 Å². The van der Waals surface area contributed by atoms with Crippen molar-refractivity contribution in [2.45, 2.75) is 31.9 Å². The average molecular weight is 298 g/mol. The molecule has 1 aromatic rings. The van der Waals surface area contributed by atoms with E-state index in [4.69, 9.17) is 9.52 Å². The molecule has 1 saturated carbocycles. The molecule has 1 aromatic heterocycles. The fourth-order valence-corrected chi connectivity index (χ4v) is 3.42. The topological polar surface area (TPSA) is 76.7 Å². The van der Waals surface area contributed by atoms with Crippen LogP contribution in [0.4, 0.5) is 0 Å². The Balaban J connectivity index is 1.86. The van der Waals surface area contributed by atoms with Gasteiger partial charge in [0, 0.05) is 5.56 Å². The molecule has 1 aliphatic carbocycles. The number of carboxylic acid groups (broad SMARTS) is 1. The highest BCUT2D eigenvalue weighted by molar-refractivity contribution is 7.98. The number of rotatable bonds is 7. The third kappa shape index (κ3) is 3.56. The van der Waals surface area contributed by atoms with Crippen LogP contribution in [-0.4, -0.2) is 29.9 Å². The third-order valence-corrected chi connectivity index (χ3v) is 4.78. The van der Waals surface area contributed by atoms with Crippen molar-refractivity contribution in [2.24, 2.45) is 5.41 Å². The fraction of sp³-hybridized carbons (Fsp3) is 0.571. The van der Waals surface area contributed by atoms with Gasteiger partial charge in [-0.2, -0.15) is 11.8 Å². The molecule has 1 heterocycles. The maximum absolute atomic E-state index is 11.4. The molecule has 6 heteroatoms. The van der Waals surface area contributed by atoms with E-state index in [1.807, 2.05) is 6.07 Å². The predicted octanol–water partition coefficient (Wildman–Crippen LogP) is 2.86. The monoisotopic (exact) mass is 298 g/mol. The standard InChI is InChI=1S/C14H18O5S/c1-9-5-10(19-12(9)13(17)18-2)7-20-8-14(3-4-14)6-11(15)16/h5H,3-4,6-8H2,1-2H3,(H,15,16). The lowest BCUT2D eigenvalue weighted by molar-refractivity contribution is -0.138. The fourth-order valence-electron chi connectivity index (χ4n) is 2.15. The van der Waals surface area contributed by atoms with E-state index in [9.17, 15) is 9.59 Å². The number of carbonyl (C=O) groups is 2. The van der Waals surface area contributed by atoms with Crippen LogP contribution in [0.25, 0.3) is 0 Å². The lowest BCUT2D eigenvalue weighted by Gasteiger charge is -2.10. The Morgan fingerprint density at radius 2 is 2.20 bits per heavy atom. The molecule has 110 valence electrons. The second kappa shape index (κ2) is 5.91. The largest absolute Gasteiger partial charge is 0.481 e. The van der Waals surface area contributed by atoms with Crippen LogP contribution in [0.3, 0.4) is 0 Å². The van der Waals surface area contributed by atoms with Crippen LogP contribution in [0.2, 0.25) is 0 Å². The minimum Gasteiger partial charge on any atom is -0.481 e. The number of hydrogen-bond acceptors (Lipinski definition) is 5. The SMILES string of the molecule is COC(=O)c1oc(CSCC2(CC(=O)O)CC2)cc1C. The highest BCUT2D eigenvalue weighted by Crippen LogP contribution is 2.51. The highest BCUT2D eigenvalue weighted by Gasteiger charge is 2.44. The van der Waals surface area contributed by atoms with Crippen LogP contribution in [0, 0.1) is 12.3 Å². The third-order valence-electron chi connectivity index (χ3n) is 3.48. The Kier molecular flexibility index (Phi) is 4.42. The Morgan fingerprint density at radius 1 is 1.50 bits per heavy atom. The molecule has 0 saturated heterocycles. The van der Waals surface area contributed by atoms with Gasteiger partial charge < -0.3 is 14.3 Å². The summed E-state index contributed by atoms with van der Waals surface area (Å²) in [5.41, 5.74) is 0.739. The second-order valence-corrected chi connectivity index (χ2v) is 6.27. The first-order valence-corrected chi connectivity index (χ1v) is 7.58. The van der Waals surface area contributed by atoms with Crippen molar-refractivity contribution in [1.82, 2.24) is 0 Å². The molecule has 0 unspecified atom stereocenters. The lowest BCUT2D eigenvalue weighted by atomic mass is 10.1. The molecular formula is C14H18O5S. The predicted molar refractivity (Wildman–Crippen MR) is 74.9 cm³/mol. The number of hydrogen-bond donors (Lipinski definition) is 1. The molecule has 2 rings (SSSR count). The summed E-state index contributed by atoms with van der Waals surface area (Å²) in [6, 6.07) is 1.83. The summed E-state index contributed by atoms with van der Waals surface area (Å²) in [5, 5.41) is 8.85. The van der Waals surface area contributed by atoms with Crippen LogP contribution < -0.4 is 0 Å². The van der Waals surface area contributed by atoms with Crippen molar-refractivity contribution in [3.63, 3.8) is 0 Å². The molecule has 0 radical (unpaired) electrons. The summed E-state index contributed by atoms with van der Waals surface area (Å²) >= 11 is 1.65. The molecule has 0 atom stereocenters. The van der Waals surface area contributed by atoms with Crippen molar-refractivity contribution in [2.75, 3.05) is 12.9 Å². The van der Waals surface area contributed by atoms with E-state index in [1.165, 1.54) is 7.11 Å². The summed E-state index contributed by atoms with van der Waals surface area (Å²) in [5.74, 6) is 1.22. The number of aliphatic carboxylic acids is 1. The molecule has 20 heavy (non-hydrogen) atoms. The lowest BCUT2D eigenvalue weighted by Crippen LogP contribution is -2.11. The zero-order chi connectivity index (χ0) is 14.8. The van der Waals surface area contributed by atoms with Crippen LogP contribution in [-0.2, 0) is 15.3 Å². The summed E-state index contributed by atoms with van der Waals surface area (Å²) in [6.07, 6.45) is 2.21. The van der Waals surface area contributed by atoms with E-state index < -0.39 is 11.9 Å². The Morgan fingerprint density at radius 3 is 2.75 bits per heavy atom. The number of aryl methyl sites for hydroxylation is 1. The van der Waals surface area contributed by atoms with Crippen molar-refractivity contribution >= 4 is 23.7 Å². The van der Waals surface area contributed by atoms with E-state index >= 15 is 0 Å². The normalized spacial score (nSPS) is 15.9. The van der Waals surface area contributed by atoms with Gasteiger partial charge in [0.1, 0.15) is 5.76 Å². The molecular weight excluding hydrogens is 280 g/mol. The number of esters is 1. The molecule has 1 fully saturated rings. The molecule has 0 bridgehead atoms. The molecule has 5 nitrogen and oxygen atoms in total. The quantitative estimate of drug-likeness (QED) is 0.780. The summed E-state index contributed by atoms with van der Waals surface area (Å²) < 4.78 is 10.1. The second-order valence-electron chi connectivity index (χ2n) is 5.28. The molecule has 1 aliphatic rings. The van der Waals surface area contributed by atoms with E-state index in [0.717, 1.165) is 29.9 Å². The molecule has 0 spiro atoms. The Labute approximate surface area is 121 Å². The number of thioether (sulfide) groups is 1. The van der Waals surface area contributed by atoms with Crippen LogP contribution in [0.5, 0.6) is 0 Å². The van der Waals surface area contributed by atoms with Gasteiger partial charge in [0.2, 0.25) is 5.76 Å². The van der Waals surface area contributed by atoms with Gasteiger partial charge in [-0.25, -0.2) is 4.79 Å². The van der Waals surface area contributed by atoms with Gasteiger partial charge in [-0.15, -0.1) is 0 Å². The van der Waals surface area contributed by atoms with Crippen molar-refractivity contribution in [1.29, 1.82) is 0 Å². The van der Waals surface area contributed by atoms with Gasteiger partial charge in [-0.05, 0) is 37.0 Å². The summed E-state index contributed by atoms with van der Waals surface area (Å²) in [4.78, 5) is 22.2. The number of carboxylic acids is 1. The van der Waals surface area contributed by atoms with E-state index in [2.05, 4.69) is 4.74 Å². The van der Waals surface area contributed by atoms with E-state index in [0.29, 0.717) is 5.75 Å². The first-order chi connectivity index (χ1) is 9.46. The first-order valence-electron chi connectivity index (χ1n) is 6.43. The van der Waals surface area contributed by atoms with Crippen LogP contribution in [0.1, 0.15) is 41.1 Å². The molecule has 0 aliphatic heterocycles. The van der Waals surface area contributed by atoms with Gasteiger partial charge >= 0.3 is 11.9 Å². The summed E-state index contributed by atoms with van der Waals surface area (Å²) in [7, 11) is 1.32. The van der Waals surface area contributed by atoms with Gasteiger partial charge in [0.15, 0.2) is 0 Å². The minimum absolute atomic E-state index is 0.0245. The molecule has 1 N–H and O–H groups in total. The number of carbonyl (C=O) groups excluding carboxylic acids is 1. The van der Waals surface area contributed by atoms with Crippen LogP contribution >= 0.6 is 11.8 Å². The van der Waals surface area contributed by atoms with Gasteiger partial charge in [0.05, 0.1) is 19.3 Å². The van der Waals surface area contributed by atoms with Crippen molar-refractivity contribution in [3.05, 3.63) is 23.2 Å². The van der Waals surface area contributed by atoms with Gasteiger partial charge in [-0.3, -0.25) is 4.79 Å². The Hall–Kier alpha value is -1.43. The van der Waals surface area contributed by atoms with E-state index in [-0.39, 0.29) is 17.6 Å². The molecule has 0 amide bonds. The maximum Gasteiger partial charge on any atom is 0.374 e. The zero-order valence-corrected chi connectivity index (χ0v) is 12.4. The van der Waals surface area contributed by atoms with Crippen LogP contribution in [0.15, 0.2) is 10.5 Å². The highest BCUT2D eigenvalue weighted by atomic mass is 32.2. The smallest absolute Gasteiger partial charge is 0.374 e. The average Bonchev–Trinajstić information content (AvgIpc) is 3.02. The molecule has 0 aromatic carbocycles. The summed E-state index contributed by atoms with van der Waals surface area (Å²) in [6.45, 7) is 1.80.